The lowest BCUT2D eigenvalue weighted by molar-refractivity contribution is 0.340. The van der Waals surface area contributed by atoms with Crippen LogP contribution < -0.4 is 14.2 Å². The van der Waals surface area contributed by atoms with Crippen molar-refractivity contribution in [2.75, 3.05) is 20.8 Å². The lowest BCUT2D eigenvalue weighted by Crippen LogP contribution is -2.03. The van der Waals surface area contributed by atoms with Crippen molar-refractivity contribution in [3.8, 4) is 17.2 Å². The fourth-order valence-electron chi connectivity index (χ4n) is 2.53. The first-order chi connectivity index (χ1) is 9.33. The van der Waals surface area contributed by atoms with Gasteiger partial charge in [-0.3, -0.25) is 0 Å². The predicted octanol–water partition coefficient (Wildman–Crippen LogP) is 3.23. The zero-order valence-corrected chi connectivity index (χ0v) is 11.1. The number of fused-ring (bicyclic) bond motifs is 1. The molecule has 1 aliphatic heterocycles. The van der Waals surface area contributed by atoms with Gasteiger partial charge in [0.2, 0.25) is 0 Å². The topological polar surface area (TPSA) is 27.7 Å². The highest BCUT2D eigenvalue weighted by atomic mass is 16.5. The summed E-state index contributed by atoms with van der Waals surface area (Å²) in [5.74, 6) is 2.65. The van der Waals surface area contributed by atoms with Gasteiger partial charge in [-0.2, -0.15) is 0 Å². The summed E-state index contributed by atoms with van der Waals surface area (Å²) < 4.78 is 16.5. The van der Waals surface area contributed by atoms with E-state index in [1.165, 1.54) is 5.56 Å². The van der Waals surface area contributed by atoms with Crippen LogP contribution in [0.3, 0.4) is 0 Å². The SMILES string of the molecule is COc1cc(OC)c2c(c1)OCC2c1ccccc1. The summed E-state index contributed by atoms with van der Waals surface area (Å²) in [6.07, 6.45) is 0. The van der Waals surface area contributed by atoms with Gasteiger partial charge in [-0.25, -0.2) is 0 Å². The standard InChI is InChI=1S/C16H16O3/c1-17-12-8-14(18-2)16-13(10-19-15(16)9-12)11-6-4-3-5-7-11/h3-9,13H,10H2,1-2H3. The van der Waals surface area contributed by atoms with Crippen molar-refractivity contribution in [2.24, 2.45) is 0 Å². The molecule has 1 atom stereocenters. The fourth-order valence-corrected chi connectivity index (χ4v) is 2.53. The van der Waals surface area contributed by atoms with Crippen molar-refractivity contribution >= 4 is 0 Å². The smallest absolute Gasteiger partial charge is 0.130 e. The molecule has 0 saturated carbocycles. The summed E-state index contributed by atoms with van der Waals surface area (Å²) in [7, 11) is 3.32. The molecule has 0 saturated heterocycles. The first-order valence-electron chi connectivity index (χ1n) is 6.27. The van der Waals surface area contributed by atoms with E-state index in [0.717, 1.165) is 22.8 Å². The van der Waals surface area contributed by atoms with E-state index >= 15 is 0 Å². The molecular formula is C16H16O3. The number of ether oxygens (including phenoxy) is 3. The third-order valence-corrected chi connectivity index (χ3v) is 3.49. The lowest BCUT2D eigenvalue weighted by Gasteiger charge is -2.13. The van der Waals surface area contributed by atoms with Gasteiger partial charge in [0.1, 0.15) is 17.2 Å². The molecule has 3 nitrogen and oxygen atoms in total. The molecule has 0 spiro atoms. The fraction of sp³-hybridized carbons (Fsp3) is 0.250. The van der Waals surface area contributed by atoms with Crippen molar-refractivity contribution in [2.45, 2.75) is 5.92 Å². The molecule has 0 amide bonds. The van der Waals surface area contributed by atoms with Crippen molar-refractivity contribution in [3.63, 3.8) is 0 Å². The molecule has 1 unspecified atom stereocenters. The van der Waals surface area contributed by atoms with E-state index in [1.54, 1.807) is 14.2 Å². The summed E-state index contributed by atoms with van der Waals surface area (Å²) >= 11 is 0. The molecule has 98 valence electrons. The van der Waals surface area contributed by atoms with Crippen molar-refractivity contribution in [3.05, 3.63) is 53.6 Å². The second kappa shape index (κ2) is 4.84. The maximum absolute atomic E-state index is 5.79. The second-order valence-electron chi connectivity index (χ2n) is 4.52. The molecule has 19 heavy (non-hydrogen) atoms. The van der Waals surface area contributed by atoms with Crippen LogP contribution in [-0.4, -0.2) is 20.8 Å². The van der Waals surface area contributed by atoms with Gasteiger partial charge in [0, 0.05) is 17.7 Å². The molecule has 3 rings (SSSR count). The normalized spacial score (nSPS) is 16.6. The Bertz CT molecular complexity index is 578. The molecule has 0 bridgehead atoms. The summed E-state index contributed by atoms with van der Waals surface area (Å²) in [5.41, 5.74) is 2.35. The van der Waals surface area contributed by atoms with E-state index in [9.17, 15) is 0 Å². The van der Waals surface area contributed by atoms with E-state index in [1.807, 2.05) is 30.3 Å². The Balaban J connectivity index is 2.09. The third-order valence-electron chi connectivity index (χ3n) is 3.49. The Morgan fingerprint density at radius 1 is 1.05 bits per heavy atom. The number of rotatable bonds is 3. The minimum Gasteiger partial charge on any atom is -0.496 e. The van der Waals surface area contributed by atoms with Gasteiger partial charge in [-0.05, 0) is 5.56 Å². The number of methoxy groups -OCH3 is 2. The van der Waals surface area contributed by atoms with Crippen molar-refractivity contribution in [1.29, 1.82) is 0 Å². The van der Waals surface area contributed by atoms with Crippen LogP contribution in [0.15, 0.2) is 42.5 Å². The average molecular weight is 256 g/mol. The largest absolute Gasteiger partial charge is 0.496 e. The van der Waals surface area contributed by atoms with E-state index in [4.69, 9.17) is 14.2 Å². The molecule has 1 aliphatic rings. The highest BCUT2D eigenvalue weighted by Gasteiger charge is 2.30. The van der Waals surface area contributed by atoms with Gasteiger partial charge in [0.25, 0.3) is 0 Å². The molecule has 0 aromatic heterocycles. The molecule has 2 aromatic rings. The first-order valence-corrected chi connectivity index (χ1v) is 6.27. The molecule has 0 radical (unpaired) electrons. The maximum atomic E-state index is 5.79. The molecule has 3 heteroatoms. The zero-order valence-electron chi connectivity index (χ0n) is 11.1. The molecule has 0 fully saturated rings. The molecular weight excluding hydrogens is 240 g/mol. The Morgan fingerprint density at radius 3 is 2.53 bits per heavy atom. The van der Waals surface area contributed by atoms with Crippen LogP contribution in [0.5, 0.6) is 17.2 Å². The average Bonchev–Trinajstić information content (AvgIpc) is 2.91. The van der Waals surface area contributed by atoms with Crippen LogP contribution in [0.2, 0.25) is 0 Å². The highest BCUT2D eigenvalue weighted by Crippen LogP contribution is 2.46. The van der Waals surface area contributed by atoms with Crippen LogP contribution in [0.1, 0.15) is 17.0 Å². The minimum absolute atomic E-state index is 0.219. The van der Waals surface area contributed by atoms with Crippen LogP contribution >= 0.6 is 0 Å². The van der Waals surface area contributed by atoms with Gasteiger partial charge < -0.3 is 14.2 Å². The van der Waals surface area contributed by atoms with Crippen molar-refractivity contribution < 1.29 is 14.2 Å². The predicted molar refractivity (Wildman–Crippen MR) is 73.3 cm³/mol. The van der Waals surface area contributed by atoms with Crippen LogP contribution in [0.4, 0.5) is 0 Å². The van der Waals surface area contributed by atoms with Crippen LogP contribution in [0.25, 0.3) is 0 Å². The van der Waals surface area contributed by atoms with Crippen molar-refractivity contribution in [1.82, 2.24) is 0 Å². The number of benzene rings is 2. The number of hydrogen-bond acceptors (Lipinski definition) is 3. The summed E-state index contributed by atoms with van der Waals surface area (Å²) in [6, 6.07) is 14.2. The van der Waals surface area contributed by atoms with Gasteiger partial charge in [0.05, 0.1) is 26.7 Å². The van der Waals surface area contributed by atoms with Gasteiger partial charge in [0.15, 0.2) is 0 Å². The lowest BCUT2D eigenvalue weighted by atomic mass is 9.92. The maximum Gasteiger partial charge on any atom is 0.130 e. The number of hydrogen-bond donors (Lipinski definition) is 0. The van der Waals surface area contributed by atoms with E-state index in [0.29, 0.717) is 6.61 Å². The van der Waals surface area contributed by atoms with Gasteiger partial charge >= 0.3 is 0 Å². The second-order valence-corrected chi connectivity index (χ2v) is 4.52. The molecule has 0 aliphatic carbocycles. The van der Waals surface area contributed by atoms with E-state index in [2.05, 4.69) is 12.1 Å². The highest BCUT2D eigenvalue weighted by molar-refractivity contribution is 5.57. The summed E-state index contributed by atoms with van der Waals surface area (Å²) in [6.45, 7) is 0.642. The monoisotopic (exact) mass is 256 g/mol. The molecule has 2 aromatic carbocycles. The van der Waals surface area contributed by atoms with E-state index < -0.39 is 0 Å². The third kappa shape index (κ3) is 2.01. The Kier molecular flexibility index (Phi) is 3.03. The zero-order chi connectivity index (χ0) is 13.2. The Labute approximate surface area is 112 Å². The van der Waals surface area contributed by atoms with Gasteiger partial charge in [-0.1, -0.05) is 30.3 Å². The van der Waals surface area contributed by atoms with Crippen LogP contribution in [-0.2, 0) is 0 Å². The van der Waals surface area contributed by atoms with Gasteiger partial charge in [-0.15, -0.1) is 0 Å². The molecule has 1 heterocycles. The summed E-state index contributed by atoms with van der Waals surface area (Å²) in [4.78, 5) is 0. The Hall–Kier alpha value is -2.16. The van der Waals surface area contributed by atoms with E-state index in [-0.39, 0.29) is 5.92 Å². The van der Waals surface area contributed by atoms with Crippen LogP contribution in [0, 0.1) is 0 Å². The quantitative estimate of drug-likeness (QED) is 0.843. The molecule has 0 N–H and O–H groups in total. The first kappa shape index (κ1) is 11.9. The summed E-state index contributed by atoms with van der Waals surface area (Å²) in [5, 5.41) is 0. The Morgan fingerprint density at radius 2 is 1.84 bits per heavy atom. The minimum atomic E-state index is 0.219.